The number of benzene rings is 2. The molecule has 0 saturated heterocycles. The summed E-state index contributed by atoms with van der Waals surface area (Å²) in [7, 11) is 0. The van der Waals surface area contributed by atoms with Gasteiger partial charge < -0.3 is 0 Å². The summed E-state index contributed by atoms with van der Waals surface area (Å²) in [4.78, 5) is 43.5. The van der Waals surface area contributed by atoms with Gasteiger partial charge in [0.2, 0.25) is 11.6 Å². The molecule has 0 amide bonds. The summed E-state index contributed by atoms with van der Waals surface area (Å²) in [5.74, 6) is -1.28. The maximum atomic E-state index is 12.0. The number of hydrogen-bond acceptors (Lipinski definition) is 5. The Morgan fingerprint density at radius 2 is 1.11 bits per heavy atom. The summed E-state index contributed by atoms with van der Waals surface area (Å²) in [6.45, 7) is 0. The van der Waals surface area contributed by atoms with Crippen LogP contribution in [0.2, 0.25) is 20.1 Å². The van der Waals surface area contributed by atoms with Crippen LogP contribution in [0.25, 0.3) is 0 Å². The summed E-state index contributed by atoms with van der Waals surface area (Å²) >= 11 is 23.4. The van der Waals surface area contributed by atoms with Gasteiger partial charge in [0.05, 0.1) is 5.02 Å². The molecular formula is C26H16Cl4N2O3. The van der Waals surface area contributed by atoms with Gasteiger partial charge in [-0.1, -0.05) is 52.5 Å². The van der Waals surface area contributed by atoms with E-state index in [1.165, 1.54) is 42.7 Å². The van der Waals surface area contributed by atoms with Crippen LogP contribution in [0.3, 0.4) is 0 Å². The highest BCUT2D eigenvalue weighted by atomic mass is 35.5. The van der Waals surface area contributed by atoms with Gasteiger partial charge in [-0.2, -0.15) is 0 Å². The van der Waals surface area contributed by atoms with Crippen molar-refractivity contribution in [2.24, 2.45) is 0 Å². The van der Waals surface area contributed by atoms with Crippen molar-refractivity contribution in [3.63, 3.8) is 0 Å². The molecule has 9 heteroatoms. The van der Waals surface area contributed by atoms with E-state index in [4.69, 9.17) is 46.4 Å². The van der Waals surface area contributed by atoms with Crippen LogP contribution in [0.15, 0.2) is 85.5 Å². The van der Waals surface area contributed by atoms with Gasteiger partial charge in [-0.15, -0.1) is 0 Å². The van der Waals surface area contributed by atoms with Crippen LogP contribution in [-0.2, 0) is 6.42 Å². The van der Waals surface area contributed by atoms with Gasteiger partial charge in [0.15, 0.2) is 5.78 Å². The summed E-state index contributed by atoms with van der Waals surface area (Å²) in [6, 6.07) is 15.8. The van der Waals surface area contributed by atoms with E-state index >= 15 is 0 Å². The van der Waals surface area contributed by atoms with Crippen molar-refractivity contribution in [1.29, 1.82) is 0 Å². The Bertz CT molecular complexity index is 1360. The maximum absolute atomic E-state index is 12.0. The average Bonchev–Trinajstić information content (AvgIpc) is 2.86. The van der Waals surface area contributed by atoms with Gasteiger partial charge in [-0.25, -0.2) is 0 Å². The molecule has 2 aromatic carbocycles. The van der Waals surface area contributed by atoms with Crippen LogP contribution in [0, 0.1) is 0 Å². The summed E-state index contributed by atoms with van der Waals surface area (Å²) in [5, 5.41) is 1.65. The predicted molar refractivity (Wildman–Crippen MR) is 138 cm³/mol. The molecule has 2 heterocycles. The highest BCUT2D eigenvalue weighted by Crippen LogP contribution is 2.23. The second-order valence-corrected chi connectivity index (χ2v) is 8.78. The fraction of sp³-hybridized carbons (Fsp3) is 0.0385. The normalized spacial score (nSPS) is 10.2. The van der Waals surface area contributed by atoms with Crippen molar-refractivity contribution in [3.05, 3.63) is 128 Å². The van der Waals surface area contributed by atoms with Crippen molar-refractivity contribution in [2.45, 2.75) is 6.42 Å². The maximum Gasteiger partial charge on any atom is 0.235 e. The smallest absolute Gasteiger partial charge is 0.235 e. The van der Waals surface area contributed by atoms with E-state index < -0.39 is 11.6 Å². The van der Waals surface area contributed by atoms with Crippen LogP contribution < -0.4 is 0 Å². The van der Waals surface area contributed by atoms with Gasteiger partial charge in [0.25, 0.3) is 0 Å². The van der Waals surface area contributed by atoms with E-state index in [0.29, 0.717) is 20.6 Å². The van der Waals surface area contributed by atoms with E-state index in [2.05, 4.69) is 9.97 Å². The van der Waals surface area contributed by atoms with E-state index in [1.54, 1.807) is 42.7 Å². The number of ketones is 3. The zero-order valence-electron chi connectivity index (χ0n) is 17.9. The second-order valence-electron chi connectivity index (χ2n) is 7.09. The molecule has 2 aromatic heterocycles. The van der Waals surface area contributed by atoms with Crippen LogP contribution in [0.1, 0.15) is 36.6 Å². The first-order chi connectivity index (χ1) is 16.8. The number of pyridine rings is 2. The molecule has 35 heavy (non-hydrogen) atoms. The molecule has 0 fully saturated rings. The lowest BCUT2D eigenvalue weighted by Gasteiger charge is -2.04. The standard InChI is InChI=1S/C13H7Cl2NO2.C13H9Cl2NO/c14-9-1-2-10(11(15)7-9)13(18)12(17)8-3-5-16-6-4-8;14-11-2-1-10(12(15)8-11)7-13(17)9-3-5-16-6-4-9/h1-7H;1-6,8H,7H2. The Morgan fingerprint density at radius 3 is 1.66 bits per heavy atom. The SMILES string of the molecule is O=C(C(=O)c1ccc(Cl)cc1Cl)c1ccncc1.O=C(Cc1ccc(Cl)cc1Cl)c1ccncc1. The number of hydrogen-bond donors (Lipinski definition) is 0. The molecule has 0 radical (unpaired) electrons. The van der Waals surface area contributed by atoms with Gasteiger partial charge in [-0.05, 0) is 60.2 Å². The fourth-order valence-electron chi connectivity index (χ4n) is 2.91. The second kappa shape index (κ2) is 12.6. The minimum Gasteiger partial charge on any atom is -0.294 e. The van der Waals surface area contributed by atoms with E-state index in [9.17, 15) is 14.4 Å². The fourth-order valence-corrected chi connectivity index (χ4v) is 3.88. The molecule has 176 valence electrons. The summed E-state index contributed by atoms with van der Waals surface area (Å²) in [6.07, 6.45) is 6.35. The minimum absolute atomic E-state index is 0.0108. The van der Waals surface area contributed by atoms with Gasteiger partial charge >= 0.3 is 0 Å². The largest absolute Gasteiger partial charge is 0.294 e. The van der Waals surface area contributed by atoms with E-state index in [1.807, 2.05) is 0 Å². The lowest BCUT2D eigenvalue weighted by molar-refractivity contribution is 0.0817. The zero-order valence-corrected chi connectivity index (χ0v) is 20.9. The Labute approximate surface area is 221 Å². The molecule has 0 N–H and O–H groups in total. The molecule has 0 spiro atoms. The number of rotatable bonds is 6. The van der Waals surface area contributed by atoms with Crippen molar-refractivity contribution in [3.8, 4) is 0 Å². The Morgan fingerprint density at radius 1 is 0.600 bits per heavy atom. The first kappa shape index (κ1) is 26.5. The van der Waals surface area contributed by atoms with Crippen molar-refractivity contribution < 1.29 is 14.4 Å². The summed E-state index contributed by atoms with van der Waals surface area (Å²) < 4.78 is 0. The van der Waals surface area contributed by atoms with Gasteiger partial charge in [-0.3, -0.25) is 24.4 Å². The van der Waals surface area contributed by atoms with Crippen LogP contribution in [0.4, 0.5) is 0 Å². The van der Waals surface area contributed by atoms with Crippen LogP contribution >= 0.6 is 46.4 Å². The quantitative estimate of drug-likeness (QED) is 0.188. The number of carbonyl (C=O) groups is 3. The highest BCUT2D eigenvalue weighted by molar-refractivity contribution is 6.52. The zero-order chi connectivity index (χ0) is 25.4. The number of carbonyl (C=O) groups excluding carboxylic acids is 3. The molecule has 0 atom stereocenters. The van der Waals surface area contributed by atoms with Crippen molar-refractivity contribution >= 4 is 63.8 Å². The molecule has 5 nitrogen and oxygen atoms in total. The molecule has 0 saturated carbocycles. The lowest BCUT2D eigenvalue weighted by Crippen LogP contribution is -2.14. The lowest BCUT2D eigenvalue weighted by atomic mass is 10.0. The number of halogens is 4. The van der Waals surface area contributed by atoms with Gasteiger partial charge in [0.1, 0.15) is 0 Å². The molecule has 0 bridgehead atoms. The molecule has 4 aromatic rings. The first-order valence-corrected chi connectivity index (χ1v) is 11.6. The first-order valence-electron chi connectivity index (χ1n) is 10.1. The van der Waals surface area contributed by atoms with Crippen molar-refractivity contribution in [1.82, 2.24) is 9.97 Å². The molecule has 0 aliphatic carbocycles. The monoisotopic (exact) mass is 544 g/mol. The molecule has 0 aliphatic rings. The Balaban J connectivity index is 0.000000196. The van der Waals surface area contributed by atoms with Crippen molar-refractivity contribution in [2.75, 3.05) is 0 Å². The Hall–Kier alpha value is -3.09. The van der Waals surface area contributed by atoms with E-state index in [0.717, 1.165) is 5.56 Å². The minimum atomic E-state index is -0.664. The third-order valence-electron chi connectivity index (χ3n) is 4.69. The summed E-state index contributed by atoms with van der Waals surface area (Å²) in [5.41, 5.74) is 1.83. The molecule has 0 unspecified atom stereocenters. The average molecular weight is 546 g/mol. The topological polar surface area (TPSA) is 77.0 Å². The van der Waals surface area contributed by atoms with Crippen LogP contribution in [-0.4, -0.2) is 27.3 Å². The van der Waals surface area contributed by atoms with Crippen LogP contribution in [0.5, 0.6) is 0 Å². The molecular weight excluding hydrogens is 530 g/mol. The highest BCUT2D eigenvalue weighted by Gasteiger charge is 2.20. The Kier molecular flexibility index (Phi) is 9.52. The molecule has 4 rings (SSSR count). The molecule has 0 aliphatic heterocycles. The number of aromatic nitrogens is 2. The van der Waals surface area contributed by atoms with Gasteiger partial charge in [0, 0.05) is 63.0 Å². The third kappa shape index (κ3) is 7.44. The van der Waals surface area contributed by atoms with E-state index in [-0.39, 0.29) is 28.4 Å². The predicted octanol–water partition coefficient (Wildman–Crippen LogP) is 7.27. The number of Topliss-reactive ketones (excluding diaryl/α,β-unsaturated/α-hetero) is 3. The number of nitrogens with zero attached hydrogens (tertiary/aromatic N) is 2. The third-order valence-corrected chi connectivity index (χ3v) is 5.83.